The van der Waals surface area contributed by atoms with Crippen LogP contribution in [0.25, 0.3) is 22.0 Å². The fraction of sp³-hybridized carbons (Fsp3) is 0.267. The third-order valence-corrected chi connectivity index (χ3v) is 7.28. The van der Waals surface area contributed by atoms with Gasteiger partial charge >= 0.3 is 0 Å². The van der Waals surface area contributed by atoms with E-state index in [0.717, 1.165) is 59.9 Å². The number of rotatable bonds is 6. The Bertz CT molecular complexity index is 1510. The number of hydrogen-bond acceptors (Lipinski definition) is 5. The van der Waals surface area contributed by atoms with Crippen molar-refractivity contribution in [1.29, 1.82) is 0 Å². The number of nitrogens with one attached hydrogen (secondary N) is 1. The zero-order chi connectivity index (χ0) is 25.4. The molecular formula is C30H28FN5O. The summed E-state index contributed by atoms with van der Waals surface area (Å²) in [5.41, 5.74) is 4.82. The number of hydrogen-bond donors (Lipinski definition) is 1. The first-order valence-electron chi connectivity index (χ1n) is 12.8. The molecule has 0 radical (unpaired) electrons. The van der Waals surface area contributed by atoms with Crippen molar-refractivity contribution in [3.8, 4) is 11.1 Å². The fourth-order valence-electron chi connectivity index (χ4n) is 5.25. The van der Waals surface area contributed by atoms with Crippen molar-refractivity contribution in [2.75, 3.05) is 18.4 Å². The number of likely N-dealkylation sites (tertiary alicyclic amines) is 1. The minimum absolute atomic E-state index is 0.00971. The minimum atomic E-state index is -0.570. The van der Waals surface area contributed by atoms with Crippen molar-refractivity contribution in [2.45, 2.75) is 38.0 Å². The van der Waals surface area contributed by atoms with Crippen LogP contribution < -0.4 is 5.32 Å². The van der Waals surface area contributed by atoms with Crippen LogP contribution in [0.1, 0.15) is 59.5 Å². The average molecular weight is 494 g/mol. The molecule has 2 aromatic carbocycles. The van der Waals surface area contributed by atoms with E-state index >= 15 is 4.39 Å². The molecular weight excluding hydrogens is 465 g/mol. The molecule has 1 aliphatic heterocycles. The van der Waals surface area contributed by atoms with Gasteiger partial charge in [0.2, 0.25) is 0 Å². The predicted molar refractivity (Wildman–Crippen MR) is 143 cm³/mol. The van der Waals surface area contributed by atoms with Gasteiger partial charge in [-0.05, 0) is 97.0 Å². The molecule has 3 heterocycles. The summed E-state index contributed by atoms with van der Waals surface area (Å²) in [7, 11) is 0. The average Bonchev–Trinajstić information content (AvgIpc) is 3.67. The summed E-state index contributed by atoms with van der Waals surface area (Å²) < 4.78 is 15.2. The molecule has 6 rings (SSSR count). The number of anilines is 1. The molecule has 4 aromatic rings. The molecule has 37 heavy (non-hydrogen) atoms. The van der Waals surface area contributed by atoms with Crippen molar-refractivity contribution in [1.82, 2.24) is 19.9 Å². The van der Waals surface area contributed by atoms with E-state index in [1.165, 1.54) is 6.07 Å². The van der Waals surface area contributed by atoms with Crippen molar-refractivity contribution in [3.63, 3.8) is 0 Å². The van der Waals surface area contributed by atoms with E-state index in [0.29, 0.717) is 23.2 Å². The number of halogens is 1. The summed E-state index contributed by atoms with van der Waals surface area (Å²) in [6, 6.07) is 12.7. The molecule has 1 saturated carbocycles. The molecule has 1 N–H and O–H groups in total. The monoisotopic (exact) mass is 493 g/mol. The summed E-state index contributed by atoms with van der Waals surface area (Å²) >= 11 is 0. The van der Waals surface area contributed by atoms with Gasteiger partial charge in [0, 0.05) is 36.8 Å². The second-order valence-corrected chi connectivity index (χ2v) is 9.89. The van der Waals surface area contributed by atoms with Crippen LogP contribution in [0.2, 0.25) is 0 Å². The molecule has 1 aliphatic carbocycles. The second-order valence-electron chi connectivity index (χ2n) is 9.89. The quantitative estimate of drug-likeness (QED) is 0.342. The molecule has 186 valence electrons. The third-order valence-electron chi connectivity index (χ3n) is 7.28. The van der Waals surface area contributed by atoms with Gasteiger partial charge in [-0.1, -0.05) is 12.1 Å². The second kappa shape index (κ2) is 9.73. The summed E-state index contributed by atoms with van der Waals surface area (Å²) in [6.45, 7) is 3.93. The van der Waals surface area contributed by atoms with Crippen LogP contribution in [0.5, 0.6) is 0 Å². The van der Waals surface area contributed by atoms with Crippen molar-refractivity contribution >= 4 is 22.6 Å². The maximum Gasteiger partial charge on any atom is 0.259 e. The fourth-order valence-corrected chi connectivity index (χ4v) is 5.25. The van der Waals surface area contributed by atoms with E-state index in [9.17, 15) is 4.79 Å². The number of carbonyl (C=O) groups excluding carboxylic acids is 1. The van der Waals surface area contributed by atoms with Crippen LogP contribution in [0.3, 0.4) is 0 Å². The van der Waals surface area contributed by atoms with Crippen molar-refractivity contribution < 1.29 is 9.18 Å². The number of carbonyl (C=O) groups is 1. The molecule has 1 amide bonds. The van der Waals surface area contributed by atoms with Crippen LogP contribution in [-0.4, -0.2) is 38.8 Å². The highest BCUT2D eigenvalue weighted by Gasteiger charge is 2.26. The molecule has 2 aliphatic rings. The normalized spacial score (nSPS) is 17.6. The van der Waals surface area contributed by atoms with Crippen LogP contribution in [-0.2, 0) is 0 Å². The van der Waals surface area contributed by atoms with E-state index in [4.69, 9.17) is 0 Å². The van der Waals surface area contributed by atoms with Crippen LogP contribution in [0.15, 0.2) is 73.5 Å². The first-order valence-corrected chi connectivity index (χ1v) is 12.8. The highest BCUT2D eigenvalue weighted by Crippen LogP contribution is 2.40. The van der Waals surface area contributed by atoms with Gasteiger partial charge < -0.3 is 10.2 Å². The Morgan fingerprint density at radius 2 is 1.95 bits per heavy atom. The lowest BCUT2D eigenvalue weighted by atomic mass is 9.91. The summed E-state index contributed by atoms with van der Waals surface area (Å²) in [5, 5.41) is 3.67. The Kier molecular flexibility index (Phi) is 6.12. The summed E-state index contributed by atoms with van der Waals surface area (Å²) in [5.74, 6) is 0.233. The molecule has 2 fully saturated rings. The lowest BCUT2D eigenvalue weighted by Crippen LogP contribution is -2.15. The zero-order valence-corrected chi connectivity index (χ0v) is 20.7. The maximum atomic E-state index is 15.2. The smallest absolute Gasteiger partial charge is 0.259 e. The molecule has 1 unspecified atom stereocenters. The van der Waals surface area contributed by atoms with E-state index in [1.54, 1.807) is 30.9 Å². The number of amides is 1. The molecule has 1 atom stereocenters. The standard InChI is InChI=1S/C30H28FN5O/c1-2-10-36-11-8-22(17-36)26-13-23(12-24-16-32-18-34-29(24)26)20-5-6-25(27(31)14-20)30(37)35-28-15-21(7-9-33-28)19-3-4-19/h2,5-7,9-10,12-16,18-19,22H,3-4,8,11,17H2,1H3,(H,33,35,37). The van der Waals surface area contributed by atoms with Crippen LogP contribution >= 0.6 is 0 Å². The van der Waals surface area contributed by atoms with Crippen LogP contribution in [0.4, 0.5) is 10.2 Å². The number of pyridine rings is 1. The third kappa shape index (κ3) is 4.81. The van der Waals surface area contributed by atoms with Gasteiger partial charge in [-0.3, -0.25) is 4.79 Å². The maximum absolute atomic E-state index is 15.2. The number of allylic oxidation sites excluding steroid dienone is 1. The van der Waals surface area contributed by atoms with E-state index < -0.39 is 11.7 Å². The summed E-state index contributed by atoms with van der Waals surface area (Å²) in [6.07, 6.45) is 12.6. The van der Waals surface area contributed by atoms with Gasteiger partial charge in [-0.2, -0.15) is 0 Å². The lowest BCUT2D eigenvalue weighted by Gasteiger charge is -2.16. The highest BCUT2D eigenvalue weighted by molar-refractivity contribution is 6.04. The zero-order valence-electron chi connectivity index (χ0n) is 20.7. The van der Waals surface area contributed by atoms with E-state index in [-0.39, 0.29) is 5.56 Å². The van der Waals surface area contributed by atoms with Gasteiger partial charge in [0.25, 0.3) is 5.91 Å². The lowest BCUT2D eigenvalue weighted by molar-refractivity contribution is 0.102. The number of aromatic nitrogens is 3. The van der Waals surface area contributed by atoms with Crippen molar-refractivity contribution in [3.05, 3.63) is 96.0 Å². The molecule has 0 bridgehead atoms. The van der Waals surface area contributed by atoms with Gasteiger partial charge in [0.15, 0.2) is 0 Å². The Hall–Kier alpha value is -4.13. The number of benzene rings is 2. The van der Waals surface area contributed by atoms with Crippen molar-refractivity contribution in [2.24, 2.45) is 0 Å². The first-order chi connectivity index (χ1) is 18.1. The molecule has 6 nitrogen and oxygen atoms in total. The predicted octanol–water partition coefficient (Wildman–Crippen LogP) is 6.28. The first kappa shape index (κ1) is 23.3. The number of fused-ring (bicyclic) bond motifs is 1. The molecule has 0 spiro atoms. The Labute approximate surface area is 215 Å². The molecule has 1 saturated heterocycles. The number of nitrogens with zero attached hydrogens (tertiary/aromatic N) is 4. The van der Waals surface area contributed by atoms with Gasteiger partial charge in [-0.25, -0.2) is 19.3 Å². The van der Waals surface area contributed by atoms with Crippen LogP contribution in [0, 0.1) is 5.82 Å². The molecule has 7 heteroatoms. The van der Waals surface area contributed by atoms with Gasteiger partial charge in [-0.15, -0.1) is 0 Å². The Morgan fingerprint density at radius 1 is 1.05 bits per heavy atom. The van der Waals surface area contributed by atoms with E-state index in [1.807, 2.05) is 25.1 Å². The van der Waals surface area contributed by atoms with Gasteiger partial charge in [0.1, 0.15) is 18.0 Å². The summed E-state index contributed by atoms with van der Waals surface area (Å²) in [4.78, 5) is 28.2. The highest BCUT2D eigenvalue weighted by atomic mass is 19.1. The Balaban J connectivity index is 1.29. The molecule has 2 aromatic heterocycles. The minimum Gasteiger partial charge on any atom is -0.377 e. The largest absolute Gasteiger partial charge is 0.377 e. The SMILES string of the molecule is CC=CN1CCC(c2cc(-c3ccc(C(=O)Nc4cc(C5CC5)ccn4)c(F)c3)cc3cncnc23)C1. The van der Waals surface area contributed by atoms with E-state index in [2.05, 4.69) is 43.5 Å². The topological polar surface area (TPSA) is 71.0 Å². The van der Waals surface area contributed by atoms with Gasteiger partial charge in [0.05, 0.1) is 11.1 Å². The Morgan fingerprint density at radius 3 is 2.76 bits per heavy atom.